The maximum absolute atomic E-state index is 12.8. The predicted octanol–water partition coefficient (Wildman–Crippen LogP) is 2.53. The van der Waals surface area contributed by atoms with Crippen LogP contribution in [0.15, 0.2) is 24.3 Å². The summed E-state index contributed by atoms with van der Waals surface area (Å²) in [4.78, 5) is 23.4. The van der Waals surface area contributed by atoms with Crippen LogP contribution in [0.2, 0.25) is 0 Å². The van der Waals surface area contributed by atoms with Crippen LogP contribution in [-0.4, -0.2) is 18.4 Å². The molecule has 4 heteroatoms. The Balaban J connectivity index is 2.81. The number of carbonyl (C=O) groups is 2. The van der Waals surface area contributed by atoms with Crippen LogP contribution in [0.25, 0.3) is 0 Å². The van der Waals surface area contributed by atoms with Crippen LogP contribution in [0.3, 0.4) is 0 Å². The first-order valence-corrected chi connectivity index (χ1v) is 6.02. The molecule has 0 fully saturated rings. The molecule has 1 rings (SSSR count). The fourth-order valence-corrected chi connectivity index (χ4v) is 1.67. The first-order chi connectivity index (χ1) is 8.58. The van der Waals surface area contributed by atoms with Gasteiger partial charge in [-0.25, -0.2) is 4.39 Å². The lowest BCUT2D eigenvalue weighted by molar-refractivity contribution is -0.151. The highest BCUT2D eigenvalue weighted by atomic mass is 19.1. The molecule has 0 radical (unpaired) electrons. The van der Waals surface area contributed by atoms with Gasteiger partial charge in [-0.1, -0.05) is 19.1 Å². The van der Waals surface area contributed by atoms with E-state index in [2.05, 4.69) is 0 Å². The zero-order chi connectivity index (χ0) is 13.5. The molecule has 0 N–H and O–H groups in total. The van der Waals surface area contributed by atoms with E-state index < -0.39 is 11.9 Å². The second kappa shape index (κ2) is 6.89. The van der Waals surface area contributed by atoms with E-state index >= 15 is 0 Å². The summed E-state index contributed by atoms with van der Waals surface area (Å²) in [6, 6.07) is 5.77. The molecule has 18 heavy (non-hydrogen) atoms. The highest BCUT2D eigenvalue weighted by Gasteiger charge is 2.26. The fourth-order valence-electron chi connectivity index (χ4n) is 1.67. The van der Waals surface area contributed by atoms with Gasteiger partial charge in [0.15, 0.2) is 0 Å². The van der Waals surface area contributed by atoms with Gasteiger partial charge in [-0.05, 0) is 31.0 Å². The van der Waals surface area contributed by atoms with E-state index in [1.807, 2.05) is 0 Å². The van der Waals surface area contributed by atoms with Gasteiger partial charge in [0.25, 0.3) is 0 Å². The second-order valence-electron chi connectivity index (χ2n) is 3.96. The van der Waals surface area contributed by atoms with Gasteiger partial charge < -0.3 is 4.74 Å². The van der Waals surface area contributed by atoms with Gasteiger partial charge in [0.2, 0.25) is 0 Å². The Kier molecular flexibility index (Phi) is 5.49. The number of hydrogen-bond acceptors (Lipinski definition) is 3. The monoisotopic (exact) mass is 252 g/mol. The molecule has 1 aromatic rings. The van der Waals surface area contributed by atoms with E-state index in [-0.39, 0.29) is 31.0 Å². The lowest BCUT2D eigenvalue weighted by Gasteiger charge is -2.13. The molecule has 0 amide bonds. The predicted molar refractivity (Wildman–Crippen MR) is 65.5 cm³/mol. The molecule has 0 saturated heterocycles. The van der Waals surface area contributed by atoms with Crippen molar-refractivity contribution in [2.24, 2.45) is 5.92 Å². The van der Waals surface area contributed by atoms with E-state index in [0.29, 0.717) is 0 Å². The summed E-state index contributed by atoms with van der Waals surface area (Å²) in [7, 11) is 0. The molecule has 0 aliphatic heterocycles. The van der Waals surface area contributed by atoms with E-state index in [0.717, 1.165) is 5.56 Å². The number of esters is 1. The van der Waals surface area contributed by atoms with Crippen molar-refractivity contribution in [1.82, 2.24) is 0 Å². The number of rotatable bonds is 6. The number of carbonyl (C=O) groups excluding carboxylic acids is 2. The Bertz CT molecular complexity index is 412. The van der Waals surface area contributed by atoms with Gasteiger partial charge in [-0.2, -0.15) is 0 Å². The minimum absolute atomic E-state index is 0.155. The first kappa shape index (κ1) is 14.4. The standard InChI is InChI=1S/C14H17FO3/c1-3-13(16)12(14(17)18-4-2)9-10-5-7-11(15)8-6-10/h5-8,12H,3-4,9H2,1-2H3. The first-order valence-electron chi connectivity index (χ1n) is 6.02. The van der Waals surface area contributed by atoms with Gasteiger partial charge in [-0.3, -0.25) is 9.59 Å². The topological polar surface area (TPSA) is 43.4 Å². The summed E-state index contributed by atoms with van der Waals surface area (Å²) in [6.45, 7) is 3.65. The molecule has 0 saturated carbocycles. The number of Topliss-reactive ketones (excluding diaryl/α,β-unsaturated/α-hetero) is 1. The Morgan fingerprint density at radius 2 is 1.83 bits per heavy atom. The quantitative estimate of drug-likeness (QED) is 0.577. The van der Waals surface area contributed by atoms with Crippen LogP contribution in [0, 0.1) is 11.7 Å². The normalized spacial score (nSPS) is 11.9. The SMILES string of the molecule is CCOC(=O)C(Cc1ccc(F)cc1)C(=O)CC. The Hall–Kier alpha value is -1.71. The van der Waals surface area contributed by atoms with Gasteiger partial charge in [-0.15, -0.1) is 0 Å². The van der Waals surface area contributed by atoms with E-state index in [9.17, 15) is 14.0 Å². The summed E-state index contributed by atoms with van der Waals surface area (Å²) in [5, 5.41) is 0. The van der Waals surface area contributed by atoms with Crippen LogP contribution in [0.1, 0.15) is 25.8 Å². The number of ether oxygens (including phenoxy) is 1. The van der Waals surface area contributed by atoms with Crippen molar-refractivity contribution in [3.05, 3.63) is 35.6 Å². The molecule has 1 unspecified atom stereocenters. The van der Waals surface area contributed by atoms with Crippen molar-refractivity contribution >= 4 is 11.8 Å². The Labute approximate surface area is 106 Å². The second-order valence-corrected chi connectivity index (χ2v) is 3.96. The minimum Gasteiger partial charge on any atom is -0.465 e. The fraction of sp³-hybridized carbons (Fsp3) is 0.429. The number of halogens is 1. The van der Waals surface area contributed by atoms with Gasteiger partial charge >= 0.3 is 5.97 Å². The zero-order valence-electron chi connectivity index (χ0n) is 10.6. The number of benzene rings is 1. The summed E-state index contributed by atoms with van der Waals surface area (Å²) in [6.07, 6.45) is 0.538. The van der Waals surface area contributed by atoms with Crippen LogP contribution in [0.4, 0.5) is 4.39 Å². The third kappa shape index (κ3) is 3.95. The molecular formula is C14H17FO3. The van der Waals surface area contributed by atoms with E-state index in [4.69, 9.17) is 4.74 Å². The summed E-state index contributed by atoms with van der Waals surface area (Å²) >= 11 is 0. The maximum Gasteiger partial charge on any atom is 0.316 e. The summed E-state index contributed by atoms with van der Waals surface area (Å²) < 4.78 is 17.7. The molecule has 3 nitrogen and oxygen atoms in total. The average molecular weight is 252 g/mol. The highest BCUT2D eigenvalue weighted by molar-refractivity contribution is 5.99. The van der Waals surface area contributed by atoms with Crippen LogP contribution in [0.5, 0.6) is 0 Å². The molecule has 0 bridgehead atoms. The molecular weight excluding hydrogens is 235 g/mol. The molecule has 98 valence electrons. The molecule has 1 atom stereocenters. The summed E-state index contributed by atoms with van der Waals surface area (Å²) in [5.74, 6) is -1.79. The van der Waals surface area contributed by atoms with Gasteiger partial charge in [0.05, 0.1) is 6.61 Å². The van der Waals surface area contributed by atoms with Crippen molar-refractivity contribution < 1.29 is 18.7 Å². The number of hydrogen-bond donors (Lipinski definition) is 0. The largest absolute Gasteiger partial charge is 0.465 e. The molecule has 0 aromatic heterocycles. The lowest BCUT2D eigenvalue weighted by atomic mass is 9.94. The number of ketones is 1. The Morgan fingerprint density at radius 1 is 1.22 bits per heavy atom. The van der Waals surface area contributed by atoms with Crippen LogP contribution in [-0.2, 0) is 20.7 Å². The Morgan fingerprint density at radius 3 is 2.33 bits per heavy atom. The van der Waals surface area contributed by atoms with E-state index in [1.165, 1.54) is 12.1 Å². The molecule has 0 aliphatic rings. The molecule has 1 aromatic carbocycles. The van der Waals surface area contributed by atoms with Gasteiger partial charge in [0, 0.05) is 6.42 Å². The highest BCUT2D eigenvalue weighted by Crippen LogP contribution is 2.14. The van der Waals surface area contributed by atoms with Gasteiger partial charge in [0.1, 0.15) is 17.5 Å². The van der Waals surface area contributed by atoms with E-state index in [1.54, 1.807) is 26.0 Å². The third-order valence-corrected chi connectivity index (χ3v) is 2.66. The molecule has 0 spiro atoms. The van der Waals surface area contributed by atoms with Crippen molar-refractivity contribution in [2.45, 2.75) is 26.7 Å². The zero-order valence-corrected chi connectivity index (χ0v) is 10.6. The smallest absolute Gasteiger partial charge is 0.316 e. The third-order valence-electron chi connectivity index (χ3n) is 2.66. The van der Waals surface area contributed by atoms with Crippen molar-refractivity contribution in [3.63, 3.8) is 0 Å². The van der Waals surface area contributed by atoms with Crippen molar-refractivity contribution in [2.75, 3.05) is 6.61 Å². The maximum atomic E-state index is 12.8. The summed E-state index contributed by atoms with van der Waals surface area (Å²) in [5.41, 5.74) is 0.747. The lowest BCUT2D eigenvalue weighted by Crippen LogP contribution is -2.27. The van der Waals surface area contributed by atoms with Crippen molar-refractivity contribution in [1.29, 1.82) is 0 Å². The minimum atomic E-state index is -0.791. The van der Waals surface area contributed by atoms with Crippen LogP contribution < -0.4 is 0 Å². The molecule has 0 aliphatic carbocycles. The van der Waals surface area contributed by atoms with Crippen LogP contribution >= 0.6 is 0 Å². The molecule has 0 heterocycles. The average Bonchev–Trinajstić information content (AvgIpc) is 2.37. The van der Waals surface area contributed by atoms with Crippen molar-refractivity contribution in [3.8, 4) is 0 Å².